The Bertz CT molecular complexity index is 726. The Labute approximate surface area is 188 Å². The Morgan fingerprint density at radius 3 is 1.74 bits per heavy atom. The fourth-order valence-corrected chi connectivity index (χ4v) is 3.66. The SMILES string of the molecule is CCCCCCCCCCCCNC(=O)c1ccc(CNCc2ccc(O)cc2)cc1. The van der Waals surface area contributed by atoms with Crippen LogP contribution in [0.15, 0.2) is 48.5 Å². The van der Waals surface area contributed by atoms with Crippen molar-refractivity contribution in [3.05, 3.63) is 65.2 Å². The third-order valence-corrected chi connectivity index (χ3v) is 5.63. The topological polar surface area (TPSA) is 61.4 Å². The summed E-state index contributed by atoms with van der Waals surface area (Å²) >= 11 is 0. The highest BCUT2D eigenvalue weighted by Crippen LogP contribution is 2.11. The molecular weight excluding hydrogens is 384 g/mol. The molecule has 0 spiro atoms. The number of amides is 1. The molecule has 31 heavy (non-hydrogen) atoms. The van der Waals surface area contributed by atoms with Crippen LogP contribution in [0.25, 0.3) is 0 Å². The first-order valence-electron chi connectivity index (χ1n) is 12.0. The molecule has 0 heterocycles. The molecule has 4 nitrogen and oxygen atoms in total. The maximum absolute atomic E-state index is 12.3. The molecule has 0 bridgehead atoms. The lowest BCUT2D eigenvalue weighted by molar-refractivity contribution is 0.0953. The summed E-state index contributed by atoms with van der Waals surface area (Å²) in [5, 5.41) is 15.7. The van der Waals surface area contributed by atoms with Gasteiger partial charge in [-0.1, -0.05) is 89.0 Å². The molecule has 2 aromatic rings. The van der Waals surface area contributed by atoms with Crippen molar-refractivity contribution in [1.82, 2.24) is 10.6 Å². The first kappa shape index (κ1) is 24.9. The zero-order valence-corrected chi connectivity index (χ0v) is 19.2. The van der Waals surface area contributed by atoms with Crippen molar-refractivity contribution >= 4 is 5.91 Å². The van der Waals surface area contributed by atoms with Crippen molar-refractivity contribution in [2.75, 3.05) is 6.54 Å². The standard InChI is InChI=1S/C27H40N2O2/c1-2-3-4-5-6-7-8-9-10-11-20-29-27(31)25-16-12-23(13-17-25)21-28-22-24-14-18-26(30)19-15-24/h12-19,28,30H,2-11,20-22H2,1H3,(H,29,31). The second-order valence-electron chi connectivity index (χ2n) is 8.40. The number of nitrogens with one attached hydrogen (secondary N) is 2. The Hall–Kier alpha value is -2.33. The monoisotopic (exact) mass is 424 g/mol. The summed E-state index contributed by atoms with van der Waals surface area (Å²) in [7, 11) is 0. The van der Waals surface area contributed by atoms with Crippen molar-refractivity contribution in [2.45, 2.75) is 84.2 Å². The van der Waals surface area contributed by atoms with Crippen molar-refractivity contribution < 1.29 is 9.90 Å². The molecule has 0 atom stereocenters. The number of hydrogen-bond donors (Lipinski definition) is 3. The van der Waals surface area contributed by atoms with Crippen LogP contribution >= 0.6 is 0 Å². The van der Waals surface area contributed by atoms with E-state index in [0.717, 1.165) is 42.7 Å². The average molecular weight is 425 g/mol. The molecule has 0 aliphatic carbocycles. The van der Waals surface area contributed by atoms with Crippen LogP contribution in [0.4, 0.5) is 0 Å². The predicted molar refractivity (Wildman–Crippen MR) is 129 cm³/mol. The van der Waals surface area contributed by atoms with E-state index in [0.29, 0.717) is 0 Å². The summed E-state index contributed by atoms with van der Waals surface area (Å²) in [6, 6.07) is 15.0. The second-order valence-corrected chi connectivity index (χ2v) is 8.40. The largest absolute Gasteiger partial charge is 0.508 e. The minimum Gasteiger partial charge on any atom is -0.508 e. The van der Waals surface area contributed by atoms with E-state index < -0.39 is 0 Å². The van der Waals surface area contributed by atoms with Gasteiger partial charge in [-0.05, 0) is 41.8 Å². The lowest BCUT2D eigenvalue weighted by Gasteiger charge is -2.08. The average Bonchev–Trinajstić information content (AvgIpc) is 2.79. The first-order chi connectivity index (χ1) is 15.2. The number of aromatic hydroxyl groups is 1. The van der Waals surface area contributed by atoms with Crippen LogP contribution in [0.3, 0.4) is 0 Å². The van der Waals surface area contributed by atoms with Crippen molar-refractivity contribution in [3.8, 4) is 5.75 Å². The van der Waals surface area contributed by atoms with E-state index in [2.05, 4.69) is 17.6 Å². The van der Waals surface area contributed by atoms with E-state index in [9.17, 15) is 9.90 Å². The van der Waals surface area contributed by atoms with Crippen molar-refractivity contribution in [3.63, 3.8) is 0 Å². The normalized spacial score (nSPS) is 10.9. The summed E-state index contributed by atoms with van der Waals surface area (Å²) in [6.45, 7) is 4.49. The van der Waals surface area contributed by atoms with Crippen LogP contribution in [0.5, 0.6) is 5.75 Å². The lowest BCUT2D eigenvalue weighted by atomic mass is 10.1. The van der Waals surface area contributed by atoms with Gasteiger partial charge in [-0.3, -0.25) is 4.79 Å². The van der Waals surface area contributed by atoms with Gasteiger partial charge in [-0.2, -0.15) is 0 Å². The molecule has 0 aromatic heterocycles. The van der Waals surface area contributed by atoms with Gasteiger partial charge in [0.15, 0.2) is 0 Å². The van der Waals surface area contributed by atoms with Gasteiger partial charge in [0, 0.05) is 25.2 Å². The molecule has 2 rings (SSSR count). The van der Waals surface area contributed by atoms with Gasteiger partial charge in [0.25, 0.3) is 5.91 Å². The van der Waals surface area contributed by atoms with Crippen molar-refractivity contribution in [1.29, 1.82) is 0 Å². The van der Waals surface area contributed by atoms with Gasteiger partial charge in [0.1, 0.15) is 5.75 Å². The molecule has 3 N–H and O–H groups in total. The van der Waals surface area contributed by atoms with Gasteiger partial charge in [0.05, 0.1) is 0 Å². The van der Waals surface area contributed by atoms with Crippen LogP contribution < -0.4 is 10.6 Å². The predicted octanol–water partition coefficient (Wildman–Crippen LogP) is 6.33. The third kappa shape index (κ3) is 11.0. The number of hydrogen-bond acceptors (Lipinski definition) is 3. The molecule has 0 fully saturated rings. The van der Waals surface area contributed by atoms with E-state index in [-0.39, 0.29) is 11.7 Å². The summed E-state index contributed by atoms with van der Waals surface area (Å²) in [4.78, 5) is 12.3. The maximum Gasteiger partial charge on any atom is 0.251 e. The van der Waals surface area contributed by atoms with Crippen LogP contribution in [-0.2, 0) is 13.1 Å². The summed E-state index contributed by atoms with van der Waals surface area (Å²) < 4.78 is 0. The molecule has 0 aliphatic rings. The van der Waals surface area contributed by atoms with Crippen LogP contribution in [0.2, 0.25) is 0 Å². The second kappa shape index (κ2) is 15.5. The van der Waals surface area contributed by atoms with E-state index in [1.165, 1.54) is 57.8 Å². The van der Waals surface area contributed by atoms with Gasteiger partial charge >= 0.3 is 0 Å². The molecule has 4 heteroatoms. The van der Waals surface area contributed by atoms with Gasteiger partial charge in [-0.15, -0.1) is 0 Å². The highest BCUT2D eigenvalue weighted by molar-refractivity contribution is 5.94. The van der Waals surface area contributed by atoms with Crippen LogP contribution in [0, 0.1) is 0 Å². The number of carbonyl (C=O) groups excluding carboxylic acids is 1. The molecule has 1 amide bonds. The lowest BCUT2D eigenvalue weighted by Crippen LogP contribution is -2.24. The zero-order chi connectivity index (χ0) is 22.2. The fourth-order valence-electron chi connectivity index (χ4n) is 3.66. The first-order valence-corrected chi connectivity index (χ1v) is 12.0. The molecule has 170 valence electrons. The minimum absolute atomic E-state index is 0.0135. The number of phenolic OH excluding ortho intramolecular Hbond substituents is 1. The van der Waals surface area contributed by atoms with Gasteiger partial charge < -0.3 is 15.7 Å². The number of benzene rings is 2. The molecule has 0 saturated carbocycles. The molecule has 0 unspecified atom stereocenters. The number of carbonyl (C=O) groups is 1. The molecule has 0 radical (unpaired) electrons. The highest BCUT2D eigenvalue weighted by atomic mass is 16.3. The van der Waals surface area contributed by atoms with E-state index in [1.54, 1.807) is 12.1 Å². The molecule has 0 aliphatic heterocycles. The minimum atomic E-state index is 0.0135. The smallest absolute Gasteiger partial charge is 0.251 e. The maximum atomic E-state index is 12.3. The van der Waals surface area contributed by atoms with Crippen LogP contribution in [0.1, 0.15) is 92.6 Å². The highest BCUT2D eigenvalue weighted by Gasteiger charge is 2.04. The van der Waals surface area contributed by atoms with Crippen LogP contribution in [-0.4, -0.2) is 17.6 Å². The molecular formula is C27H40N2O2. The molecule has 2 aromatic carbocycles. The van der Waals surface area contributed by atoms with E-state index >= 15 is 0 Å². The van der Waals surface area contributed by atoms with Crippen molar-refractivity contribution in [2.24, 2.45) is 0 Å². The van der Waals surface area contributed by atoms with E-state index in [1.807, 2.05) is 36.4 Å². The fraction of sp³-hybridized carbons (Fsp3) is 0.519. The Morgan fingerprint density at radius 1 is 0.710 bits per heavy atom. The number of phenols is 1. The number of rotatable bonds is 16. The van der Waals surface area contributed by atoms with E-state index in [4.69, 9.17) is 0 Å². The summed E-state index contributed by atoms with van der Waals surface area (Å²) in [6.07, 6.45) is 13.0. The quantitative estimate of drug-likeness (QED) is 0.276. The van der Waals surface area contributed by atoms with Gasteiger partial charge in [-0.25, -0.2) is 0 Å². The molecule has 0 saturated heterocycles. The Morgan fingerprint density at radius 2 is 1.19 bits per heavy atom. The summed E-state index contributed by atoms with van der Waals surface area (Å²) in [5.74, 6) is 0.297. The van der Waals surface area contributed by atoms with Gasteiger partial charge in [0.2, 0.25) is 0 Å². The third-order valence-electron chi connectivity index (χ3n) is 5.63. The summed E-state index contributed by atoms with van der Waals surface area (Å²) in [5.41, 5.74) is 2.99. The number of unbranched alkanes of at least 4 members (excludes halogenated alkanes) is 9. The Balaban J connectivity index is 1.52. The zero-order valence-electron chi connectivity index (χ0n) is 19.2. The Kier molecular flexibility index (Phi) is 12.4.